The zero-order valence-electron chi connectivity index (χ0n) is 12.5. The van der Waals surface area contributed by atoms with E-state index in [0.29, 0.717) is 5.88 Å². The van der Waals surface area contributed by atoms with E-state index in [4.69, 9.17) is 15.3 Å². The first kappa shape index (κ1) is 15.3. The third kappa shape index (κ3) is 3.71. The average molecular weight is 287 g/mol. The molecule has 0 aliphatic carbocycles. The fourth-order valence-electron chi connectivity index (χ4n) is 2.20. The molecule has 1 aromatic carbocycles. The number of hydrazine groups is 1. The highest BCUT2D eigenvalue weighted by Crippen LogP contribution is 2.29. The summed E-state index contributed by atoms with van der Waals surface area (Å²) >= 11 is 0. The van der Waals surface area contributed by atoms with E-state index in [9.17, 15) is 0 Å². The van der Waals surface area contributed by atoms with Crippen molar-refractivity contribution in [1.29, 1.82) is 0 Å². The summed E-state index contributed by atoms with van der Waals surface area (Å²) in [4.78, 5) is 4.21. The monoisotopic (exact) mass is 287 g/mol. The van der Waals surface area contributed by atoms with Crippen molar-refractivity contribution >= 4 is 0 Å². The minimum absolute atomic E-state index is 0.123. The second-order valence-electron chi connectivity index (χ2n) is 4.94. The van der Waals surface area contributed by atoms with Gasteiger partial charge in [0.1, 0.15) is 5.75 Å². The zero-order chi connectivity index (χ0) is 15.2. The fourth-order valence-corrected chi connectivity index (χ4v) is 2.20. The Morgan fingerprint density at radius 2 is 2.00 bits per heavy atom. The predicted molar refractivity (Wildman–Crippen MR) is 82.2 cm³/mol. The largest absolute Gasteiger partial charge is 0.491 e. The van der Waals surface area contributed by atoms with Gasteiger partial charge in [0.15, 0.2) is 0 Å². The molecular weight excluding hydrogens is 266 g/mol. The van der Waals surface area contributed by atoms with Gasteiger partial charge in [-0.15, -0.1) is 0 Å². The van der Waals surface area contributed by atoms with E-state index in [1.54, 1.807) is 13.3 Å². The number of nitrogens with one attached hydrogen (secondary N) is 1. The van der Waals surface area contributed by atoms with Crippen molar-refractivity contribution in [1.82, 2.24) is 10.4 Å². The fraction of sp³-hybridized carbons (Fsp3) is 0.312. The van der Waals surface area contributed by atoms with Gasteiger partial charge in [-0.3, -0.25) is 5.84 Å². The maximum atomic E-state index is 5.74. The highest BCUT2D eigenvalue weighted by Gasteiger charge is 2.18. The minimum atomic E-state index is -0.218. The minimum Gasteiger partial charge on any atom is -0.491 e. The molecule has 112 valence electrons. The Labute approximate surface area is 125 Å². The van der Waals surface area contributed by atoms with Crippen LogP contribution in [0.1, 0.15) is 31.0 Å². The molecule has 1 aromatic heterocycles. The average Bonchev–Trinajstić information content (AvgIpc) is 2.48. The Kier molecular flexibility index (Phi) is 5.14. The number of nitrogens with zero attached hydrogens (tertiary/aromatic N) is 1. The number of aromatic nitrogens is 1. The Balaban J connectivity index is 2.37. The lowest BCUT2D eigenvalue weighted by Gasteiger charge is -2.20. The van der Waals surface area contributed by atoms with Crippen LogP contribution in [0, 0.1) is 0 Å². The van der Waals surface area contributed by atoms with E-state index in [1.165, 1.54) is 0 Å². The molecule has 0 aliphatic rings. The number of benzene rings is 1. The summed E-state index contributed by atoms with van der Waals surface area (Å²) in [7, 11) is 1.59. The molecule has 0 spiro atoms. The number of hydrogen-bond donors (Lipinski definition) is 2. The first-order valence-electron chi connectivity index (χ1n) is 6.87. The molecule has 1 unspecified atom stereocenters. The summed E-state index contributed by atoms with van der Waals surface area (Å²) in [6.45, 7) is 3.99. The summed E-state index contributed by atoms with van der Waals surface area (Å²) in [6.07, 6.45) is 1.81. The number of pyridine rings is 1. The van der Waals surface area contributed by atoms with E-state index >= 15 is 0 Å². The van der Waals surface area contributed by atoms with Crippen molar-refractivity contribution in [3.63, 3.8) is 0 Å². The maximum absolute atomic E-state index is 5.74. The van der Waals surface area contributed by atoms with Crippen LogP contribution in [0.25, 0.3) is 0 Å². The standard InChI is InChI=1S/C16H21N3O2/c1-11(2)21-13-7-4-6-12(10-13)15(19-17)14-8-5-9-18-16(14)20-3/h4-11,15,19H,17H2,1-3H3. The van der Waals surface area contributed by atoms with E-state index in [-0.39, 0.29) is 12.1 Å². The van der Waals surface area contributed by atoms with Gasteiger partial charge in [-0.2, -0.15) is 0 Å². The summed E-state index contributed by atoms with van der Waals surface area (Å²) < 4.78 is 11.0. The number of methoxy groups -OCH3 is 1. The number of hydrogen-bond acceptors (Lipinski definition) is 5. The first-order chi connectivity index (χ1) is 10.2. The van der Waals surface area contributed by atoms with Gasteiger partial charge >= 0.3 is 0 Å². The van der Waals surface area contributed by atoms with Crippen molar-refractivity contribution in [2.75, 3.05) is 7.11 Å². The summed E-state index contributed by atoms with van der Waals surface area (Å²) in [5.74, 6) is 7.10. The quantitative estimate of drug-likeness (QED) is 0.631. The Hall–Kier alpha value is -2.11. The Morgan fingerprint density at radius 3 is 2.67 bits per heavy atom. The Bertz CT molecular complexity index is 587. The van der Waals surface area contributed by atoms with Gasteiger partial charge in [0.25, 0.3) is 0 Å². The van der Waals surface area contributed by atoms with Gasteiger partial charge in [0.05, 0.1) is 19.3 Å². The normalized spacial score (nSPS) is 12.2. The van der Waals surface area contributed by atoms with E-state index in [0.717, 1.165) is 16.9 Å². The van der Waals surface area contributed by atoms with Crippen LogP contribution in [0.5, 0.6) is 11.6 Å². The molecule has 2 rings (SSSR count). The van der Waals surface area contributed by atoms with Gasteiger partial charge in [-0.05, 0) is 37.6 Å². The van der Waals surface area contributed by atoms with Crippen LogP contribution in [0.15, 0.2) is 42.6 Å². The van der Waals surface area contributed by atoms with Crippen LogP contribution in [-0.4, -0.2) is 18.2 Å². The third-order valence-electron chi connectivity index (χ3n) is 3.03. The molecule has 5 nitrogen and oxygen atoms in total. The van der Waals surface area contributed by atoms with Crippen molar-refractivity contribution < 1.29 is 9.47 Å². The highest BCUT2D eigenvalue weighted by atomic mass is 16.5. The van der Waals surface area contributed by atoms with Crippen LogP contribution in [0.4, 0.5) is 0 Å². The molecule has 0 aliphatic heterocycles. The van der Waals surface area contributed by atoms with Crippen LogP contribution < -0.4 is 20.7 Å². The molecule has 0 fully saturated rings. The summed E-state index contributed by atoms with van der Waals surface area (Å²) in [5, 5.41) is 0. The molecule has 0 radical (unpaired) electrons. The van der Waals surface area contributed by atoms with Crippen molar-refractivity contribution in [3.8, 4) is 11.6 Å². The summed E-state index contributed by atoms with van der Waals surface area (Å²) in [5.41, 5.74) is 4.68. The molecular formula is C16H21N3O2. The molecule has 1 atom stereocenters. The summed E-state index contributed by atoms with van der Waals surface area (Å²) in [6, 6.07) is 11.4. The topological polar surface area (TPSA) is 69.4 Å². The lowest BCUT2D eigenvalue weighted by molar-refractivity contribution is 0.242. The lowest BCUT2D eigenvalue weighted by Crippen LogP contribution is -2.29. The molecule has 0 saturated carbocycles. The van der Waals surface area contributed by atoms with Gasteiger partial charge in [-0.1, -0.05) is 18.2 Å². The number of rotatable bonds is 6. The van der Waals surface area contributed by atoms with Crippen molar-refractivity contribution in [2.45, 2.75) is 26.0 Å². The molecule has 0 saturated heterocycles. The second kappa shape index (κ2) is 7.06. The maximum Gasteiger partial charge on any atom is 0.218 e. The molecule has 0 bridgehead atoms. The van der Waals surface area contributed by atoms with E-state index in [2.05, 4.69) is 10.4 Å². The third-order valence-corrected chi connectivity index (χ3v) is 3.03. The molecule has 1 heterocycles. The van der Waals surface area contributed by atoms with E-state index in [1.807, 2.05) is 50.2 Å². The Morgan fingerprint density at radius 1 is 1.19 bits per heavy atom. The number of nitrogens with two attached hydrogens (primary N) is 1. The smallest absolute Gasteiger partial charge is 0.218 e. The van der Waals surface area contributed by atoms with E-state index < -0.39 is 0 Å². The van der Waals surface area contributed by atoms with Gasteiger partial charge in [-0.25, -0.2) is 10.4 Å². The van der Waals surface area contributed by atoms with Crippen LogP contribution in [-0.2, 0) is 0 Å². The van der Waals surface area contributed by atoms with Crippen LogP contribution in [0.3, 0.4) is 0 Å². The first-order valence-corrected chi connectivity index (χ1v) is 6.87. The van der Waals surface area contributed by atoms with Crippen LogP contribution in [0.2, 0.25) is 0 Å². The molecule has 21 heavy (non-hydrogen) atoms. The predicted octanol–water partition coefficient (Wildman–Crippen LogP) is 2.43. The highest BCUT2D eigenvalue weighted by molar-refractivity contribution is 5.40. The SMILES string of the molecule is COc1ncccc1C(NN)c1cccc(OC(C)C)c1. The van der Waals surface area contributed by atoms with Crippen LogP contribution >= 0.6 is 0 Å². The van der Waals surface area contributed by atoms with Gasteiger partial charge < -0.3 is 9.47 Å². The molecule has 2 aromatic rings. The van der Waals surface area contributed by atoms with Crippen molar-refractivity contribution in [2.24, 2.45) is 5.84 Å². The second-order valence-corrected chi connectivity index (χ2v) is 4.94. The van der Waals surface area contributed by atoms with Gasteiger partial charge in [0, 0.05) is 11.8 Å². The lowest BCUT2D eigenvalue weighted by atomic mass is 10.00. The molecule has 5 heteroatoms. The number of ether oxygens (including phenoxy) is 2. The molecule has 3 N–H and O–H groups in total. The van der Waals surface area contributed by atoms with Crippen molar-refractivity contribution in [3.05, 3.63) is 53.7 Å². The van der Waals surface area contributed by atoms with Gasteiger partial charge in [0.2, 0.25) is 5.88 Å². The zero-order valence-corrected chi connectivity index (χ0v) is 12.5. The molecule has 0 amide bonds.